The van der Waals surface area contributed by atoms with Crippen LogP contribution in [0.1, 0.15) is 56.6 Å². The summed E-state index contributed by atoms with van der Waals surface area (Å²) in [5.41, 5.74) is 0.390. The molecule has 0 bridgehead atoms. The molecular formula is C16H23N3OS. The zero-order valence-electron chi connectivity index (χ0n) is 12.9. The lowest BCUT2D eigenvalue weighted by molar-refractivity contribution is 0.0604. The molecule has 1 fully saturated rings. The minimum atomic E-state index is -0.871. The van der Waals surface area contributed by atoms with Gasteiger partial charge in [0.15, 0.2) is 0 Å². The summed E-state index contributed by atoms with van der Waals surface area (Å²) in [5, 5.41) is 21.2. The van der Waals surface area contributed by atoms with Crippen LogP contribution in [0, 0.1) is 5.41 Å². The lowest BCUT2D eigenvalue weighted by Gasteiger charge is -2.20. The number of aliphatic hydroxyl groups is 1. The Labute approximate surface area is 129 Å². The normalized spacial score (nSPS) is 24.1. The minimum Gasteiger partial charge on any atom is -0.384 e. The van der Waals surface area contributed by atoms with Gasteiger partial charge in [0.25, 0.3) is 0 Å². The van der Waals surface area contributed by atoms with Crippen LogP contribution >= 0.6 is 11.3 Å². The molecule has 5 heteroatoms. The van der Waals surface area contributed by atoms with E-state index >= 15 is 0 Å². The van der Waals surface area contributed by atoms with Crippen LogP contribution in [-0.4, -0.2) is 20.1 Å². The molecule has 1 aliphatic rings. The average Bonchev–Trinajstić information content (AvgIpc) is 3.08. The largest absolute Gasteiger partial charge is 0.384 e. The van der Waals surface area contributed by atoms with Crippen molar-refractivity contribution in [1.82, 2.24) is 15.0 Å². The number of nitrogens with zero attached hydrogens (tertiary/aromatic N) is 3. The van der Waals surface area contributed by atoms with Crippen LogP contribution in [0.3, 0.4) is 0 Å². The molecule has 21 heavy (non-hydrogen) atoms. The molecule has 0 saturated heterocycles. The van der Waals surface area contributed by atoms with Crippen LogP contribution in [0.4, 0.5) is 0 Å². The van der Waals surface area contributed by atoms with E-state index in [0.717, 1.165) is 23.4 Å². The predicted molar refractivity (Wildman–Crippen MR) is 84.3 cm³/mol. The molecule has 0 aliphatic heterocycles. The second-order valence-corrected chi connectivity index (χ2v) is 8.13. The van der Waals surface area contributed by atoms with Crippen LogP contribution in [0.2, 0.25) is 0 Å². The monoisotopic (exact) mass is 305 g/mol. The van der Waals surface area contributed by atoms with E-state index in [9.17, 15) is 5.11 Å². The second kappa shape index (κ2) is 5.21. The molecule has 2 unspecified atom stereocenters. The first-order chi connectivity index (χ1) is 9.86. The third-order valence-corrected chi connectivity index (χ3v) is 5.57. The van der Waals surface area contributed by atoms with Crippen molar-refractivity contribution in [2.75, 3.05) is 0 Å². The molecule has 2 atom stereocenters. The van der Waals surface area contributed by atoms with Gasteiger partial charge in [-0.25, -0.2) is 4.68 Å². The number of aromatic nitrogens is 3. The van der Waals surface area contributed by atoms with E-state index in [1.807, 2.05) is 35.3 Å². The number of thiophene rings is 1. The topological polar surface area (TPSA) is 50.9 Å². The molecule has 114 valence electrons. The van der Waals surface area contributed by atoms with Crippen LogP contribution in [0.15, 0.2) is 23.7 Å². The Hall–Kier alpha value is -1.20. The summed E-state index contributed by atoms with van der Waals surface area (Å²) in [5.74, 6) is 0. The first kappa shape index (κ1) is 14.7. The lowest BCUT2D eigenvalue weighted by Crippen LogP contribution is -2.23. The van der Waals surface area contributed by atoms with Crippen molar-refractivity contribution in [3.05, 3.63) is 34.3 Å². The van der Waals surface area contributed by atoms with E-state index in [2.05, 4.69) is 24.2 Å². The lowest BCUT2D eigenvalue weighted by atomic mass is 9.92. The summed E-state index contributed by atoms with van der Waals surface area (Å²) in [6.45, 7) is 6.47. The molecule has 3 rings (SSSR count). The van der Waals surface area contributed by atoms with E-state index < -0.39 is 5.60 Å². The van der Waals surface area contributed by atoms with Gasteiger partial charge >= 0.3 is 0 Å². The quantitative estimate of drug-likeness (QED) is 0.940. The Morgan fingerprint density at radius 2 is 2.33 bits per heavy atom. The molecule has 0 aromatic carbocycles. The van der Waals surface area contributed by atoms with E-state index in [0.29, 0.717) is 17.9 Å². The smallest absolute Gasteiger partial charge is 0.102 e. The fourth-order valence-corrected chi connectivity index (χ4v) is 4.01. The van der Waals surface area contributed by atoms with Gasteiger partial charge in [0.2, 0.25) is 0 Å². The highest BCUT2D eigenvalue weighted by Gasteiger charge is 2.33. The van der Waals surface area contributed by atoms with Gasteiger partial charge < -0.3 is 5.11 Å². The fraction of sp³-hybridized carbons (Fsp3) is 0.625. The molecule has 0 radical (unpaired) electrons. The van der Waals surface area contributed by atoms with Crippen molar-refractivity contribution in [1.29, 1.82) is 0 Å². The molecule has 1 saturated carbocycles. The Balaban J connectivity index is 1.71. The number of hydrogen-bond acceptors (Lipinski definition) is 4. The molecule has 2 aromatic rings. The van der Waals surface area contributed by atoms with E-state index in [1.54, 1.807) is 11.3 Å². The summed E-state index contributed by atoms with van der Waals surface area (Å²) in [6, 6.07) is 4.38. The maximum atomic E-state index is 10.6. The van der Waals surface area contributed by atoms with Gasteiger partial charge in [-0.1, -0.05) is 25.1 Å². The summed E-state index contributed by atoms with van der Waals surface area (Å²) >= 11 is 1.58. The standard InChI is InChI=1S/C16H23N3OS/c1-15(2)7-6-13(10-15)19-11-12(17-18-19)9-16(3,20)14-5-4-8-21-14/h4-5,8,11,13,20H,6-7,9-10H2,1-3H3. The summed E-state index contributed by atoms with van der Waals surface area (Å²) in [4.78, 5) is 0.971. The first-order valence-corrected chi connectivity index (χ1v) is 8.41. The Bertz CT molecular complexity index is 601. The van der Waals surface area contributed by atoms with Crippen LogP contribution in [-0.2, 0) is 12.0 Å². The average molecular weight is 305 g/mol. The second-order valence-electron chi connectivity index (χ2n) is 7.18. The highest BCUT2D eigenvalue weighted by atomic mass is 32.1. The Morgan fingerprint density at radius 1 is 1.52 bits per heavy atom. The molecule has 0 spiro atoms. The summed E-state index contributed by atoms with van der Waals surface area (Å²) in [7, 11) is 0. The van der Waals surface area contributed by atoms with Gasteiger partial charge in [0.05, 0.1) is 11.7 Å². The molecule has 2 aromatic heterocycles. The molecule has 4 nitrogen and oxygen atoms in total. The van der Waals surface area contributed by atoms with Crippen LogP contribution in [0.5, 0.6) is 0 Å². The minimum absolute atomic E-state index is 0.402. The summed E-state index contributed by atoms with van der Waals surface area (Å²) < 4.78 is 1.99. The number of hydrogen-bond donors (Lipinski definition) is 1. The van der Waals surface area contributed by atoms with E-state index in [-0.39, 0.29) is 0 Å². The zero-order chi connectivity index (χ0) is 15.1. The van der Waals surface area contributed by atoms with Crippen molar-refractivity contribution in [2.24, 2.45) is 5.41 Å². The maximum Gasteiger partial charge on any atom is 0.102 e. The zero-order valence-corrected chi connectivity index (χ0v) is 13.7. The van der Waals surface area contributed by atoms with E-state index in [4.69, 9.17) is 0 Å². The molecular weight excluding hydrogens is 282 g/mol. The van der Waals surface area contributed by atoms with E-state index in [1.165, 1.54) is 6.42 Å². The first-order valence-electron chi connectivity index (χ1n) is 7.53. The highest BCUT2D eigenvalue weighted by Crippen LogP contribution is 2.43. The van der Waals surface area contributed by atoms with Crippen molar-refractivity contribution in [3.8, 4) is 0 Å². The van der Waals surface area contributed by atoms with Crippen LogP contribution < -0.4 is 0 Å². The third-order valence-electron chi connectivity index (χ3n) is 4.45. The SMILES string of the molecule is CC1(C)CCC(n2cc(CC(C)(O)c3cccs3)nn2)C1. The number of rotatable bonds is 4. The van der Waals surface area contributed by atoms with Gasteiger partial charge in [-0.15, -0.1) is 16.4 Å². The van der Waals surface area contributed by atoms with Crippen molar-refractivity contribution in [3.63, 3.8) is 0 Å². The van der Waals surface area contributed by atoms with Crippen molar-refractivity contribution in [2.45, 2.75) is 58.1 Å². The molecule has 2 heterocycles. The Kier molecular flexibility index (Phi) is 3.66. The van der Waals surface area contributed by atoms with Gasteiger partial charge in [0.1, 0.15) is 5.60 Å². The predicted octanol–water partition coefficient (Wildman–Crippen LogP) is 3.54. The fourth-order valence-electron chi connectivity index (χ4n) is 3.22. The van der Waals surface area contributed by atoms with Crippen LogP contribution in [0.25, 0.3) is 0 Å². The molecule has 1 aliphatic carbocycles. The highest BCUT2D eigenvalue weighted by molar-refractivity contribution is 7.10. The van der Waals surface area contributed by atoms with Crippen molar-refractivity contribution < 1.29 is 5.11 Å². The summed E-state index contributed by atoms with van der Waals surface area (Å²) in [6.07, 6.45) is 6.06. The molecule has 0 amide bonds. The third kappa shape index (κ3) is 3.19. The van der Waals surface area contributed by atoms with Gasteiger partial charge in [-0.05, 0) is 43.0 Å². The van der Waals surface area contributed by atoms with Gasteiger partial charge in [-0.2, -0.15) is 0 Å². The maximum absolute atomic E-state index is 10.6. The van der Waals surface area contributed by atoms with Crippen molar-refractivity contribution >= 4 is 11.3 Å². The van der Waals surface area contributed by atoms with Gasteiger partial charge in [-0.3, -0.25) is 0 Å². The Morgan fingerprint density at radius 3 is 2.95 bits per heavy atom. The van der Waals surface area contributed by atoms with Gasteiger partial charge in [0, 0.05) is 17.5 Å². The molecule has 1 N–H and O–H groups in total.